The van der Waals surface area contributed by atoms with Crippen LogP contribution in [-0.2, 0) is 10.9 Å². The van der Waals surface area contributed by atoms with E-state index in [0.717, 1.165) is 54.6 Å². The van der Waals surface area contributed by atoms with Gasteiger partial charge in [0, 0.05) is 37.2 Å². The zero-order valence-electron chi connectivity index (χ0n) is 20.6. The molecule has 196 valence electrons. The number of hydrogen-bond donors (Lipinski definition) is 1. The van der Waals surface area contributed by atoms with Crippen LogP contribution < -0.4 is 10.2 Å². The second kappa shape index (κ2) is 10.2. The van der Waals surface area contributed by atoms with E-state index in [1.807, 2.05) is 24.9 Å². The first kappa shape index (κ1) is 25.3. The Morgan fingerprint density at radius 2 is 2.03 bits per heavy atom. The number of ether oxygens (including phenoxy) is 1. The number of benzene rings is 1. The van der Waals surface area contributed by atoms with E-state index in [4.69, 9.17) is 4.74 Å². The highest BCUT2D eigenvalue weighted by atomic mass is 19.4. The number of hydrogen-bond acceptors (Lipinski definition) is 7. The number of anilines is 2. The Balaban J connectivity index is 1.37. The molecule has 1 aromatic carbocycles. The van der Waals surface area contributed by atoms with Crippen LogP contribution in [0.1, 0.15) is 34.3 Å². The fourth-order valence-corrected chi connectivity index (χ4v) is 4.17. The lowest BCUT2D eigenvalue weighted by molar-refractivity contribution is -0.137. The average Bonchev–Trinajstić information content (AvgIpc) is 3.61. The minimum atomic E-state index is -4.54. The first-order chi connectivity index (χ1) is 18.2. The molecule has 1 atom stereocenters. The predicted molar refractivity (Wildman–Crippen MR) is 134 cm³/mol. The molecule has 1 aliphatic heterocycles. The molecule has 1 fully saturated rings. The quantitative estimate of drug-likeness (QED) is 0.385. The van der Waals surface area contributed by atoms with Crippen molar-refractivity contribution in [3.8, 4) is 16.9 Å². The third-order valence-corrected chi connectivity index (χ3v) is 6.30. The van der Waals surface area contributed by atoms with Gasteiger partial charge in [0.2, 0.25) is 0 Å². The number of carbonyl (C=O) groups is 1. The molecule has 1 aliphatic rings. The van der Waals surface area contributed by atoms with Crippen LogP contribution in [0.2, 0.25) is 0 Å². The third kappa shape index (κ3) is 5.35. The maximum absolute atomic E-state index is 13.0. The molecule has 1 unspecified atom stereocenters. The number of aromatic nitrogens is 5. The van der Waals surface area contributed by atoms with Crippen LogP contribution in [-0.4, -0.2) is 50.8 Å². The zero-order chi connectivity index (χ0) is 26.9. The fourth-order valence-electron chi connectivity index (χ4n) is 4.17. The van der Waals surface area contributed by atoms with Gasteiger partial charge in [-0.3, -0.25) is 9.78 Å². The normalized spacial score (nSPS) is 15.4. The Labute approximate surface area is 216 Å². The van der Waals surface area contributed by atoms with Gasteiger partial charge in [0.05, 0.1) is 29.3 Å². The third-order valence-electron chi connectivity index (χ3n) is 6.30. The van der Waals surface area contributed by atoms with Crippen LogP contribution in [0.4, 0.5) is 24.7 Å². The monoisotopic (exact) mass is 523 g/mol. The van der Waals surface area contributed by atoms with Gasteiger partial charge >= 0.3 is 6.18 Å². The Bertz CT molecular complexity index is 1470. The van der Waals surface area contributed by atoms with E-state index in [1.54, 1.807) is 41.5 Å². The summed E-state index contributed by atoms with van der Waals surface area (Å²) in [7, 11) is 1.96. The number of halogens is 3. The van der Waals surface area contributed by atoms with Crippen molar-refractivity contribution in [2.24, 2.45) is 0 Å². The van der Waals surface area contributed by atoms with Gasteiger partial charge in [0.1, 0.15) is 17.7 Å². The first-order valence-electron chi connectivity index (χ1n) is 11.9. The van der Waals surface area contributed by atoms with Gasteiger partial charge in [-0.25, -0.2) is 9.67 Å². The molecule has 4 aromatic rings. The molecule has 1 N–H and O–H groups in total. The largest absolute Gasteiger partial charge is 0.416 e. The van der Waals surface area contributed by atoms with Crippen molar-refractivity contribution in [2.45, 2.75) is 32.2 Å². The van der Waals surface area contributed by atoms with E-state index in [1.165, 1.54) is 0 Å². The van der Waals surface area contributed by atoms with Gasteiger partial charge in [-0.1, -0.05) is 11.3 Å². The highest BCUT2D eigenvalue weighted by molar-refractivity contribution is 6.04. The molecule has 3 aromatic heterocycles. The molecule has 0 bridgehead atoms. The van der Waals surface area contributed by atoms with Gasteiger partial charge in [0.15, 0.2) is 0 Å². The minimum absolute atomic E-state index is 0.00500. The lowest BCUT2D eigenvalue weighted by Crippen LogP contribution is -2.30. The number of nitrogens with one attached hydrogen (secondary N) is 1. The molecule has 4 heterocycles. The van der Waals surface area contributed by atoms with Crippen LogP contribution >= 0.6 is 0 Å². The maximum atomic E-state index is 13.0. The van der Waals surface area contributed by atoms with Gasteiger partial charge < -0.3 is 15.0 Å². The Morgan fingerprint density at radius 3 is 2.79 bits per heavy atom. The number of amides is 1. The average molecular weight is 524 g/mol. The smallest absolute Gasteiger partial charge is 0.358 e. The summed E-state index contributed by atoms with van der Waals surface area (Å²) in [6, 6.07) is 8.49. The summed E-state index contributed by atoms with van der Waals surface area (Å²) < 4.78 is 46.3. The van der Waals surface area contributed by atoms with Crippen molar-refractivity contribution in [2.75, 3.05) is 23.9 Å². The van der Waals surface area contributed by atoms with Crippen molar-refractivity contribution >= 4 is 17.4 Å². The number of carbonyl (C=O) groups excluding carboxylic acids is 1. The van der Waals surface area contributed by atoms with Gasteiger partial charge in [0.25, 0.3) is 5.91 Å². The summed E-state index contributed by atoms with van der Waals surface area (Å²) in [5.41, 5.74) is 2.98. The van der Waals surface area contributed by atoms with E-state index >= 15 is 0 Å². The number of rotatable bonds is 6. The predicted octanol–water partition coefficient (Wildman–Crippen LogP) is 4.88. The molecule has 0 aliphatic carbocycles. The highest BCUT2D eigenvalue weighted by Gasteiger charge is 2.31. The lowest BCUT2D eigenvalue weighted by Gasteiger charge is -2.25. The summed E-state index contributed by atoms with van der Waals surface area (Å²) in [6.45, 7) is 2.59. The second-order valence-electron chi connectivity index (χ2n) is 8.94. The second-order valence-corrected chi connectivity index (χ2v) is 8.94. The minimum Gasteiger partial charge on any atom is -0.358 e. The zero-order valence-corrected chi connectivity index (χ0v) is 20.6. The van der Waals surface area contributed by atoms with Gasteiger partial charge in [-0.15, -0.1) is 5.10 Å². The SMILES string of the molecule is Cc1ccc(C(=O)Nc2cc(C(F)(F)F)ccn2)cc1-n1cc(-c2cncc(N(C)C3CCCO3)c2)nn1. The van der Waals surface area contributed by atoms with Crippen LogP contribution in [0.25, 0.3) is 16.9 Å². The summed E-state index contributed by atoms with van der Waals surface area (Å²) in [5, 5.41) is 10.9. The van der Waals surface area contributed by atoms with E-state index in [-0.39, 0.29) is 17.6 Å². The number of aryl methyl sites for hydroxylation is 1. The highest BCUT2D eigenvalue weighted by Crippen LogP contribution is 2.30. The molecule has 5 rings (SSSR count). The van der Waals surface area contributed by atoms with E-state index < -0.39 is 17.6 Å². The molecule has 0 spiro atoms. The van der Waals surface area contributed by atoms with Crippen LogP contribution in [0, 0.1) is 6.92 Å². The van der Waals surface area contributed by atoms with Crippen LogP contribution in [0.15, 0.2) is 61.2 Å². The summed E-state index contributed by atoms with van der Waals surface area (Å²) >= 11 is 0. The topological polar surface area (TPSA) is 98.1 Å². The molecular weight excluding hydrogens is 499 g/mol. The molecule has 12 heteroatoms. The first-order valence-corrected chi connectivity index (χ1v) is 11.9. The Hall–Kier alpha value is -4.32. The molecule has 0 radical (unpaired) electrons. The van der Waals surface area contributed by atoms with E-state index in [9.17, 15) is 18.0 Å². The van der Waals surface area contributed by atoms with Gasteiger partial charge in [-0.2, -0.15) is 13.2 Å². The molecular formula is C26H24F3N7O2. The number of alkyl halides is 3. The van der Waals surface area contributed by atoms with Crippen molar-refractivity contribution in [3.05, 3.63) is 77.9 Å². The van der Waals surface area contributed by atoms with Crippen molar-refractivity contribution in [1.82, 2.24) is 25.0 Å². The molecule has 1 saturated heterocycles. The Morgan fingerprint density at radius 1 is 1.18 bits per heavy atom. The lowest BCUT2D eigenvalue weighted by atomic mass is 10.1. The summed E-state index contributed by atoms with van der Waals surface area (Å²) in [5.74, 6) is -0.803. The van der Waals surface area contributed by atoms with E-state index in [2.05, 4.69) is 25.6 Å². The number of nitrogens with zero attached hydrogens (tertiary/aromatic N) is 6. The fraction of sp³-hybridized carbons (Fsp3) is 0.269. The van der Waals surface area contributed by atoms with E-state index in [0.29, 0.717) is 11.4 Å². The Kier molecular flexibility index (Phi) is 6.81. The summed E-state index contributed by atoms with van der Waals surface area (Å²) in [4.78, 5) is 23.0. The van der Waals surface area contributed by atoms with Crippen molar-refractivity contribution in [1.29, 1.82) is 0 Å². The van der Waals surface area contributed by atoms with Crippen molar-refractivity contribution < 1.29 is 22.7 Å². The molecule has 38 heavy (non-hydrogen) atoms. The molecule has 9 nitrogen and oxygen atoms in total. The standard InChI is InChI=1S/C26H24F3N7O2/c1-16-5-6-17(25(37)32-23-12-19(7-8-31-23)26(27,28)29)11-22(16)36-15-21(33-34-36)18-10-20(14-30-13-18)35(2)24-4-3-9-38-24/h5-8,10-15,24H,3-4,9H2,1-2H3,(H,31,32,37). The maximum Gasteiger partial charge on any atom is 0.416 e. The van der Waals surface area contributed by atoms with Gasteiger partial charge in [-0.05, 0) is 55.7 Å². The summed E-state index contributed by atoms with van der Waals surface area (Å²) in [6.07, 6.45) is 3.61. The molecule has 1 amide bonds. The van der Waals surface area contributed by atoms with Crippen LogP contribution in [0.3, 0.4) is 0 Å². The number of pyridine rings is 2. The molecule has 0 saturated carbocycles. The van der Waals surface area contributed by atoms with Crippen molar-refractivity contribution in [3.63, 3.8) is 0 Å². The van der Waals surface area contributed by atoms with Crippen LogP contribution in [0.5, 0.6) is 0 Å².